The van der Waals surface area contributed by atoms with E-state index >= 15 is 0 Å². The van der Waals surface area contributed by atoms with Gasteiger partial charge in [0.25, 0.3) is 0 Å². The van der Waals surface area contributed by atoms with E-state index in [1.54, 1.807) is 0 Å². The fraction of sp³-hybridized carbons (Fsp3) is 0.278. The molecule has 0 heterocycles. The van der Waals surface area contributed by atoms with Crippen molar-refractivity contribution in [1.29, 1.82) is 0 Å². The van der Waals surface area contributed by atoms with Crippen LogP contribution >= 0.6 is 0 Å². The molecule has 1 aliphatic carbocycles. The molecule has 1 atom stereocenters. The summed E-state index contributed by atoms with van der Waals surface area (Å²) in [5.74, 6) is -0.240. The zero-order valence-corrected chi connectivity index (χ0v) is 12.3. The molecule has 0 bridgehead atoms. The highest BCUT2D eigenvalue weighted by atomic mass is 16.5. The second-order valence-corrected chi connectivity index (χ2v) is 5.42. The molecule has 2 aromatic carbocycles. The minimum absolute atomic E-state index is 0.0280. The number of ether oxygens (including phenoxy) is 1. The van der Waals surface area contributed by atoms with Crippen LogP contribution in [-0.4, -0.2) is 19.1 Å². The molecule has 1 aliphatic rings. The van der Waals surface area contributed by atoms with E-state index in [4.69, 9.17) is 4.74 Å². The topological polar surface area (TPSA) is 38.3 Å². The van der Waals surface area contributed by atoms with Crippen molar-refractivity contribution in [2.45, 2.75) is 25.4 Å². The average Bonchev–Trinajstić information content (AvgIpc) is 2.53. The van der Waals surface area contributed by atoms with Crippen LogP contribution in [0.3, 0.4) is 0 Å². The molecule has 1 N–H and O–H groups in total. The third-order valence-corrected chi connectivity index (χ3v) is 4.08. The Morgan fingerprint density at radius 1 is 1.10 bits per heavy atom. The van der Waals surface area contributed by atoms with Gasteiger partial charge >= 0.3 is 5.97 Å². The van der Waals surface area contributed by atoms with E-state index in [0.717, 1.165) is 6.42 Å². The summed E-state index contributed by atoms with van der Waals surface area (Å²) in [4.78, 5) is 11.7. The molecule has 0 spiro atoms. The summed E-state index contributed by atoms with van der Waals surface area (Å²) in [6, 6.07) is 16.5. The van der Waals surface area contributed by atoms with Gasteiger partial charge in [-0.05, 0) is 35.6 Å². The molecule has 21 heavy (non-hydrogen) atoms. The summed E-state index contributed by atoms with van der Waals surface area (Å²) in [5, 5.41) is 3.41. The Labute approximate surface area is 124 Å². The van der Waals surface area contributed by atoms with Gasteiger partial charge in [0.1, 0.15) is 6.04 Å². The Morgan fingerprint density at radius 2 is 1.62 bits per heavy atom. The van der Waals surface area contributed by atoms with E-state index in [-0.39, 0.29) is 18.1 Å². The monoisotopic (exact) mass is 281 g/mol. The minimum Gasteiger partial charge on any atom is -0.468 e. The molecule has 0 saturated heterocycles. The lowest BCUT2D eigenvalue weighted by molar-refractivity contribution is -0.142. The first-order valence-corrected chi connectivity index (χ1v) is 7.20. The van der Waals surface area contributed by atoms with Crippen molar-refractivity contribution in [2.75, 3.05) is 7.11 Å². The Morgan fingerprint density at radius 3 is 2.14 bits per heavy atom. The van der Waals surface area contributed by atoms with Crippen LogP contribution < -0.4 is 5.32 Å². The van der Waals surface area contributed by atoms with Crippen molar-refractivity contribution in [1.82, 2.24) is 5.32 Å². The molecule has 0 aromatic heterocycles. The smallest absolute Gasteiger partial charge is 0.322 e. The summed E-state index contributed by atoms with van der Waals surface area (Å²) in [7, 11) is 1.42. The van der Waals surface area contributed by atoms with E-state index in [2.05, 4.69) is 41.7 Å². The minimum atomic E-state index is -0.348. The van der Waals surface area contributed by atoms with Crippen LogP contribution in [0.25, 0.3) is 0 Å². The van der Waals surface area contributed by atoms with Gasteiger partial charge in [0.15, 0.2) is 0 Å². The maximum absolute atomic E-state index is 11.7. The molecule has 0 amide bonds. The van der Waals surface area contributed by atoms with Crippen LogP contribution in [0.5, 0.6) is 0 Å². The van der Waals surface area contributed by atoms with Crippen molar-refractivity contribution in [3.8, 4) is 0 Å². The summed E-state index contributed by atoms with van der Waals surface area (Å²) in [6.45, 7) is 1.84. The number of methoxy groups -OCH3 is 1. The van der Waals surface area contributed by atoms with Crippen LogP contribution in [-0.2, 0) is 16.0 Å². The standard InChI is InChI=1S/C18H19NO2/c1-12(18(20)21-2)19-17-15-9-5-3-7-13(15)11-14-8-4-6-10-16(14)17/h3-10,12,17,19H,11H2,1-2H3. The Bertz CT molecular complexity index is 620. The van der Waals surface area contributed by atoms with Gasteiger partial charge in [-0.3, -0.25) is 10.1 Å². The highest BCUT2D eigenvalue weighted by Crippen LogP contribution is 2.34. The predicted molar refractivity (Wildman–Crippen MR) is 82.1 cm³/mol. The van der Waals surface area contributed by atoms with E-state index in [1.165, 1.54) is 29.4 Å². The average molecular weight is 281 g/mol. The van der Waals surface area contributed by atoms with Gasteiger partial charge in [0.05, 0.1) is 13.2 Å². The molecule has 0 fully saturated rings. The number of rotatable bonds is 3. The van der Waals surface area contributed by atoms with E-state index in [1.807, 2.05) is 19.1 Å². The van der Waals surface area contributed by atoms with Crippen molar-refractivity contribution in [2.24, 2.45) is 0 Å². The van der Waals surface area contributed by atoms with Crippen molar-refractivity contribution in [3.05, 3.63) is 70.8 Å². The molecule has 3 heteroatoms. The predicted octanol–water partition coefficient (Wildman–Crippen LogP) is 2.83. The van der Waals surface area contributed by atoms with Crippen LogP contribution in [0.15, 0.2) is 48.5 Å². The lowest BCUT2D eigenvalue weighted by atomic mass is 9.82. The molecule has 3 rings (SSSR count). The third kappa shape index (κ3) is 2.57. The van der Waals surface area contributed by atoms with E-state index < -0.39 is 0 Å². The molecular formula is C18H19NO2. The first-order chi connectivity index (χ1) is 10.2. The van der Waals surface area contributed by atoms with Gasteiger partial charge in [-0.2, -0.15) is 0 Å². The second-order valence-electron chi connectivity index (χ2n) is 5.42. The van der Waals surface area contributed by atoms with Crippen molar-refractivity contribution < 1.29 is 9.53 Å². The number of carbonyl (C=O) groups is 1. The van der Waals surface area contributed by atoms with Gasteiger partial charge in [0.2, 0.25) is 0 Å². The SMILES string of the molecule is COC(=O)C(C)NC1c2ccccc2Cc2ccccc21. The summed E-state index contributed by atoms with van der Waals surface area (Å²) in [6.07, 6.45) is 0.942. The molecule has 2 aromatic rings. The fourth-order valence-electron chi connectivity index (χ4n) is 3.00. The second kappa shape index (κ2) is 5.70. The Kier molecular flexibility index (Phi) is 3.76. The number of hydrogen-bond acceptors (Lipinski definition) is 3. The van der Waals surface area contributed by atoms with Gasteiger partial charge in [-0.1, -0.05) is 48.5 Å². The summed E-state index contributed by atoms with van der Waals surface area (Å²) in [5.41, 5.74) is 5.11. The number of esters is 1. The number of benzene rings is 2. The lowest BCUT2D eigenvalue weighted by Crippen LogP contribution is -2.39. The van der Waals surface area contributed by atoms with E-state index in [0.29, 0.717) is 0 Å². The first kappa shape index (κ1) is 13.8. The van der Waals surface area contributed by atoms with Crippen LogP contribution in [0, 0.1) is 0 Å². The number of carbonyl (C=O) groups excluding carboxylic acids is 1. The van der Waals surface area contributed by atoms with Gasteiger partial charge in [-0.15, -0.1) is 0 Å². The van der Waals surface area contributed by atoms with Gasteiger partial charge in [0, 0.05) is 0 Å². The van der Waals surface area contributed by atoms with E-state index in [9.17, 15) is 4.79 Å². The Hall–Kier alpha value is -2.13. The number of hydrogen-bond donors (Lipinski definition) is 1. The maximum Gasteiger partial charge on any atom is 0.322 e. The molecule has 3 nitrogen and oxygen atoms in total. The van der Waals surface area contributed by atoms with Crippen LogP contribution in [0.1, 0.15) is 35.2 Å². The fourth-order valence-corrected chi connectivity index (χ4v) is 3.00. The zero-order chi connectivity index (χ0) is 14.8. The van der Waals surface area contributed by atoms with Gasteiger partial charge in [-0.25, -0.2) is 0 Å². The molecular weight excluding hydrogens is 262 g/mol. The largest absolute Gasteiger partial charge is 0.468 e. The highest BCUT2D eigenvalue weighted by molar-refractivity contribution is 5.75. The Balaban J connectivity index is 2.00. The highest BCUT2D eigenvalue weighted by Gasteiger charge is 2.27. The van der Waals surface area contributed by atoms with Crippen LogP contribution in [0.4, 0.5) is 0 Å². The molecule has 0 aliphatic heterocycles. The molecule has 108 valence electrons. The molecule has 0 saturated carbocycles. The lowest BCUT2D eigenvalue weighted by Gasteiger charge is -2.30. The molecule has 0 radical (unpaired) electrons. The van der Waals surface area contributed by atoms with Crippen LogP contribution in [0.2, 0.25) is 0 Å². The number of fused-ring (bicyclic) bond motifs is 2. The summed E-state index contributed by atoms with van der Waals surface area (Å²) >= 11 is 0. The zero-order valence-electron chi connectivity index (χ0n) is 12.3. The number of nitrogens with one attached hydrogen (secondary N) is 1. The molecule has 1 unspecified atom stereocenters. The van der Waals surface area contributed by atoms with Crippen molar-refractivity contribution in [3.63, 3.8) is 0 Å². The third-order valence-electron chi connectivity index (χ3n) is 4.08. The van der Waals surface area contributed by atoms with Crippen molar-refractivity contribution >= 4 is 5.97 Å². The maximum atomic E-state index is 11.7. The normalized spacial score (nSPS) is 15.0. The summed E-state index contributed by atoms with van der Waals surface area (Å²) < 4.78 is 4.83. The van der Waals surface area contributed by atoms with Gasteiger partial charge < -0.3 is 4.74 Å². The first-order valence-electron chi connectivity index (χ1n) is 7.20. The quantitative estimate of drug-likeness (QED) is 0.879.